The van der Waals surface area contributed by atoms with Crippen molar-refractivity contribution in [2.75, 3.05) is 0 Å². The Balaban J connectivity index is 2.17. The lowest BCUT2D eigenvalue weighted by Crippen LogP contribution is -1.95. The van der Waals surface area contributed by atoms with Crippen molar-refractivity contribution in [2.45, 2.75) is 19.3 Å². The van der Waals surface area contributed by atoms with Crippen molar-refractivity contribution in [2.24, 2.45) is 0 Å². The van der Waals surface area contributed by atoms with Gasteiger partial charge in [0, 0.05) is 28.0 Å². The summed E-state index contributed by atoms with van der Waals surface area (Å²) in [5.41, 5.74) is 2.27. The second kappa shape index (κ2) is 4.70. The Hall–Kier alpha value is -1.29. The van der Waals surface area contributed by atoms with E-state index >= 15 is 0 Å². The number of nitrogens with one attached hydrogen (secondary N) is 1. The molecule has 1 aromatic heterocycles. The summed E-state index contributed by atoms with van der Waals surface area (Å²) in [4.78, 5) is 13.6. The summed E-state index contributed by atoms with van der Waals surface area (Å²) in [7, 11) is 0. The molecule has 0 unspecified atom stereocenters. The molecule has 84 valence electrons. The Morgan fingerprint density at radius 3 is 3.00 bits per heavy atom. The maximum atomic E-state index is 10.4. The second-order valence-corrected chi connectivity index (χ2v) is 4.67. The molecule has 0 saturated heterocycles. The number of aryl methyl sites for hydroxylation is 1. The highest BCUT2D eigenvalue weighted by atomic mass is 79.9. The van der Waals surface area contributed by atoms with Crippen molar-refractivity contribution in [3.63, 3.8) is 0 Å². The van der Waals surface area contributed by atoms with Gasteiger partial charge in [0.25, 0.3) is 0 Å². The van der Waals surface area contributed by atoms with E-state index < -0.39 is 5.97 Å². The van der Waals surface area contributed by atoms with Crippen LogP contribution < -0.4 is 0 Å². The smallest absolute Gasteiger partial charge is 0.303 e. The number of fused-ring (bicyclic) bond motifs is 1. The standard InChI is InChI=1S/C12H12BrNO2/c13-9-4-5-11-10(6-9)8(7-14-11)2-1-3-12(15)16/h4-7,14H,1-3H2,(H,15,16). The highest BCUT2D eigenvalue weighted by molar-refractivity contribution is 9.10. The highest BCUT2D eigenvalue weighted by Crippen LogP contribution is 2.23. The van der Waals surface area contributed by atoms with Gasteiger partial charge >= 0.3 is 5.97 Å². The molecule has 4 heteroatoms. The van der Waals surface area contributed by atoms with Gasteiger partial charge in [-0.25, -0.2) is 0 Å². The average Bonchev–Trinajstić information content (AvgIpc) is 2.60. The van der Waals surface area contributed by atoms with E-state index in [0.29, 0.717) is 6.42 Å². The van der Waals surface area contributed by atoms with E-state index in [4.69, 9.17) is 5.11 Å². The quantitative estimate of drug-likeness (QED) is 0.903. The van der Waals surface area contributed by atoms with Crippen LogP contribution in [0.15, 0.2) is 28.9 Å². The lowest BCUT2D eigenvalue weighted by Gasteiger charge is -1.98. The van der Waals surface area contributed by atoms with Crippen LogP contribution in [0.5, 0.6) is 0 Å². The molecule has 2 rings (SSSR count). The maximum Gasteiger partial charge on any atom is 0.303 e. The summed E-state index contributed by atoms with van der Waals surface area (Å²) < 4.78 is 1.04. The number of carboxylic acids is 1. The normalized spacial score (nSPS) is 10.8. The van der Waals surface area contributed by atoms with E-state index in [2.05, 4.69) is 27.0 Å². The van der Waals surface area contributed by atoms with E-state index in [1.165, 1.54) is 10.9 Å². The molecule has 0 aliphatic heterocycles. The summed E-state index contributed by atoms with van der Waals surface area (Å²) >= 11 is 3.43. The number of aromatic nitrogens is 1. The highest BCUT2D eigenvalue weighted by Gasteiger charge is 2.05. The summed E-state index contributed by atoms with van der Waals surface area (Å²) in [5.74, 6) is -0.735. The third kappa shape index (κ3) is 2.44. The van der Waals surface area contributed by atoms with Crippen molar-refractivity contribution in [3.8, 4) is 0 Å². The van der Waals surface area contributed by atoms with E-state index in [9.17, 15) is 4.79 Å². The molecule has 16 heavy (non-hydrogen) atoms. The van der Waals surface area contributed by atoms with Crippen molar-refractivity contribution in [1.29, 1.82) is 0 Å². The van der Waals surface area contributed by atoms with E-state index in [0.717, 1.165) is 16.4 Å². The molecule has 0 radical (unpaired) electrons. The minimum absolute atomic E-state index is 0.223. The van der Waals surface area contributed by atoms with Gasteiger partial charge in [0.1, 0.15) is 0 Å². The topological polar surface area (TPSA) is 53.1 Å². The fourth-order valence-electron chi connectivity index (χ4n) is 1.79. The molecule has 3 nitrogen and oxygen atoms in total. The number of aromatic amines is 1. The third-order valence-electron chi connectivity index (χ3n) is 2.57. The van der Waals surface area contributed by atoms with Gasteiger partial charge in [0.05, 0.1) is 0 Å². The van der Waals surface area contributed by atoms with E-state index in [1.807, 2.05) is 18.3 Å². The van der Waals surface area contributed by atoms with Crippen LogP contribution in [0.25, 0.3) is 10.9 Å². The number of aliphatic carboxylic acids is 1. The lowest BCUT2D eigenvalue weighted by molar-refractivity contribution is -0.137. The van der Waals surface area contributed by atoms with E-state index in [-0.39, 0.29) is 6.42 Å². The zero-order valence-corrected chi connectivity index (χ0v) is 10.3. The largest absolute Gasteiger partial charge is 0.481 e. The molecule has 0 aliphatic rings. The minimum Gasteiger partial charge on any atom is -0.481 e. The molecule has 1 heterocycles. The first-order chi connectivity index (χ1) is 7.66. The van der Waals surface area contributed by atoms with Gasteiger partial charge in [-0.1, -0.05) is 15.9 Å². The van der Waals surface area contributed by atoms with Crippen molar-refractivity contribution in [3.05, 3.63) is 34.4 Å². The number of carboxylic acid groups (broad SMARTS) is 1. The molecule has 0 bridgehead atoms. The monoisotopic (exact) mass is 281 g/mol. The lowest BCUT2D eigenvalue weighted by atomic mass is 10.1. The van der Waals surface area contributed by atoms with Crippen LogP contribution >= 0.6 is 15.9 Å². The maximum absolute atomic E-state index is 10.4. The minimum atomic E-state index is -0.735. The van der Waals surface area contributed by atoms with Crippen LogP contribution in [0.1, 0.15) is 18.4 Å². The van der Waals surface area contributed by atoms with Crippen molar-refractivity contribution >= 4 is 32.8 Å². The summed E-state index contributed by atoms with van der Waals surface area (Å²) in [5, 5.41) is 9.75. The molecule has 0 saturated carbocycles. The molecule has 0 amide bonds. The van der Waals surface area contributed by atoms with Crippen LogP contribution in [-0.2, 0) is 11.2 Å². The predicted octanol–water partition coefficient (Wildman–Crippen LogP) is 3.34. The molecular weight excluding hydrogens is 270 g/mol. The number of halogens is 1. The average molecular weight is 282 g/mol. The van der Waals surface area contributed by atoms with Crippen LogP contribution in [0, 0.1) is 0 Å². The molecule has 0 atom stereocenters. The Kier molecular flexibility index (Phi) is 3.29. The van der Waals surface area contributed by atoms with Crippen LogP contribution in [0.2, 0.25) is 0 Å². The van der Waals surface area contributed by atoms with Gasteiger partial charge in [-0.15, -0.1) is 0 Å². The van der Waals surface area contributed by atoms with Crippen molar-refractivity contribution < 1.29 is 9.90 Å². The number of hydrogen-bond donors (Lipinski definition) is 2. The van der Waals surface area contributed by atoms with Gasteiger partial charge in [0.2, 0.25) is 0 Å². The summed E-state index contributed by atoms with van der Waals surface area (Å²) in [6.07, 6.45) is 3.65. The number of benzene rings is 1. The van der Waals surface area contributed by atoms with Gasteiger partial charge in [-0.2, -0.15) is 0 Å². The van der Waals surface area contributed by atoms with Crippen LogP contribution in [0.3, 0.4) is 0 Å². The Morgan fingerprint density at radius 1 is 1.44 bits per heavy atom. The van der Waals surface area contributed by atoms with Crippen molar-refractivity contribution in [1.82, 2.24) is 4.98 Å². The second-order valence-electron chi connectivity index (χ2n) is 3.75. The fraction of sp³-hybridized carbons (Fsp3) is 0.250. The third-order valence-corrected chi connectivity index (χ3v) is 3.06. The SMILES string of the molecule is O=C(O)CCCc1c[nH]c2ccc(Br)cc12. The zero-order valence-electron chi connectivity index (χ0n) is 8.66. The number of hydrogen-bond acceptors (Lipinski definition) is 1. The molecule has 0 fully saturated rings. The van der Waals surface area contributed by atoms with Crippen LogP contribution in [0.4, 0.5) is 0 Å². The first kappa shape index (κ1) is 11.2. The molecule has 1 aromatic carbocycles. The molecule has 0 aliphatic carbocycles. The summed E-state index contributed by atoms with van der Waals surface area (Å²) in [6.45, 7) is 0. The van der Waals surface area contributed by atoms with E-state index in [1.54, 1.807) is 0 Å². The number of rotatable bonds is 4. The Bertz CT molecular complexity index is 519. The van der Waals surface area contributed by atoms with Gasteiger partial charge in [-0.3, -0.25) is 4.79 Å². The predicted molar refractivity (Wildman–Crippen MR) is 66.6 cm³/mol. The fourth-order valence-corrected chi connectivity index (χ4v) is 2.15. The van der Waals surface area contributed by atoms with Crippen LogP contribution in [-0.4, -0.2) is 16.1 Å². The first-order valence-corrected chi connectivity index (χ1v) is 5.93. The summed E-state index contributed by atoms with van der Waals surface area (Å²) in [6, 6.07) is 6.06. The first-order valence-electron chi connectivity index (χ1n) is 5.14. The molecule has 2 N–H and O–H groups in total. The van der Waals surface area contributed by atoms with Gasteiger partial charge in [-0.05, 0) is 36.6 Å². The zero-order chi connectivity index (χ0) is 11.5. The number of carbonyl (C=O) groups is 1. The Labute approximate surface area is 102 Å². The van der Waals surface area contributed by atoms with Gasteiger partial charge in [0.15, 0.2) is 0 Å². The number of H-pyrrole nitrogens is 1. The van der Waals surface area contributed by atoms with Gasteiger partial charge < -0.3 is 10.1 Å². The molecule has 2 aromatic rings. The Morgan fingerprint density at radius 2 is 2.25 bits per heavy atom. The molecule has 0 spiro atoms. The molecular formula is C12H12BrNO2.